The molecule has 0 unspecified atom stereocenters. The summed E-state index contributed by atoms with van der Waals surface area (Å²) in [5.74, 6) is 0. The monoisotopic (exact) mass is 828 g/mol. The summed E-state index contributed by atoms with van der Waals surface area (Å²) in [6.45, 7) is 0. The molecule has 0 bridgehead atoms. The third-order valence-corrected chi connectivity index (χ3v) is 17.8. The summed E-state index contributed by atoms with van der Waals surface area (Å²) in [7, 11) is -2.63. The van der Waals surface area contributed by atoms with E-state index in [1.807, 2.05) is 0 Å². The zero-order valence-electron chi connectivity index (χ0n) is 32.4. The Balaban J connectivity index is 0.000000145. The SMILES string of the molecule is [V].c1ccc([Si](c2ccccc2)c2ccccc2)cc1.c1ccc([Si](c2ccccc2)c2ccccc2)cc1.c1ccc([Si](c2ccccc2)c2ccccc2)cc1. The van der Waals surface area contributed by atoms with E-state index >= 15 is 0 Å². The van der Waals surface area contributed by atoms with Crippen molar-refractivity contribution < 1.29 is 18.6 Å². The first-order valence-electron chi connectivity index (χ1n) is 19.4. The van der Waals surface area contributed by atoms with Gasteiger partial charge in [0.05, 0.1) is 0 Å². The minimum absolute atomic E-state index is 0. The van der Waals surface area contributed by atoms with Gasteiger partial charge >= 0.3 is 0 Å². The molecule has 0 saturated heterocycles. The first kappa shape index (κ1) is 41.8. The summed E-state index contributed by atoms with van der Waals surface area (Å²) in [5, 5.41) is 12.9. The Hall–Kier alpha value is -5.78. The normalized spacial score (nSPS) is 10.4. The minimum Gasteiger partial charge on any atom is -0.0624 e. The van der Waals surface area contributed by atoms with Crippen molar-refractivity contribution >= 4 is 73.1 Å². The van der Waals surface area contributed by atoms with Crippen molar-refractivity contribution in [3.63, 3.8) is 0 Å². The van der Waals surface area contributed by atoms with Crippen LogP contribution >= 0.6 is 0 Å². The van der Waals surface area contributed by atoms with E-state index in [0.29, 0.717) is 0 Å². The van der Waals surface area contributed by atoms with Crippen molar-refractivity contribution in [1.29, 1.82) is 0 Å². The van der Waals surface area contributed by atoms with E-state index in [1.54, 1.807) is 0 Å². The van der Waals surface area contributed by atoms with Gasteiger partial charge in [0.25, 0.3) is 0 Å². The fraction of sp³-hybridized carbons (Fsp3) is 0. The van der Waals surface area contributed by atoms with Crippen LogP contribution < -0.4 is 46.7 Å². The Bertz CT molecular complexity index is 1860. The van der Waals surface area contributed by atoms with Gasteiger partial charge in [-0.2, -0.15) is 0 Å². The van der Waals surface area contributed by atoms with E-state index in [0.717, 1.165) is 0 Å². The van der Waals surface area contributed by atoms with Crippen molar-refractivity contribution in [1.82, 2.24) is 0 Å². The van der Waals surface area contributed by atoms with E-state index in [4.69, 9.17) is 0 Å². The van der Waals surface area contributed by atoms with Crippen LogP contribution in [0.15, 0.2) is 273 Å². The van der Waals surface area contributed by atoms with Crippen molar-refractivity contribution in [2.45, 2.75) is 0 Å². The second kappa shape index (κ2) is 22.8. The van der Waals surface area contributed by atoms with Gasteiger partial charge in [0.2, 0.25) is 0 Å². The molecule has 0 fully saturated rings. The Labute approximate surface area is 362 Å². The average Bonchev–Trinajstić information content (AvgIpc) is 3.30. The molecule has 9 rings (SSSR count). The number of rotatable bonds is 9. The quantitative estimate of drug-likeness (QED) is 0.114. The molecule has 278 valence electrons. The van der Waals surface area contributed by atoms with Crippen molar-refractivity contribution in [3.8, 4) is 0 Å². The van der Waals surface area contributed by atoms with Crippen molar-refractivity contribution in [2.24, 2.45) is 0 Å². The van der Waals surface area contributed by atoms with Crippen LogP contribution in [0, 0.1) is 0 Å². The van der Waals surface area contributed by atoms with Crippen LogP contribution in [0.1, 0.15) is 0 Å². The molecule has 4 radical (unpaired) electrons. The van der Waals surface area contributed by atoms with Crippen LogP contribution in [-0.2, 0) is 18.6 Å². The second-order valence-electron chi connectivity index (χ2n) is 13.4. The molecule has 0 aliphatic rings. The molecule has 0 saturated carbocycles. The molecule has 0 spiro atoms. The van der Waals surface area contributed by atoms with Crippen LogP contribution in [0.3, 0.4) is 0 Å². The van der Waals surface area contributed by atoms with Crippen molar-refractivity contribution in [3.05, 3.63) is 273 Å². The van der Waals surface area contributed by atoms with E-state index in [2.05, 4.69) is 273 Å². The van der Waals surface area contributed by atoms with Crippen molar-refractivity contribution in [2.75, 3.05) is 0 Å². The molecule has 0 aliphatic carbocycles. The minimum atomic E-state index is -0.877. The summed E-state index contributed by atoms with van der Waals surface area (Å²) in [6.07, 6.45) is 0. The van der Waals surface area contributed by atoms with Gasteiger partial charge in [-0.05, 0) is 0 Å². The molecule has 9 aromatic rings. The Morgan fingerprint density at radius 1 is 0.138 bits per heavy atom. The summed E-state index contributed by atoms with van der Waals surface area (Å²) in [4.78, 5) is 0. The standard InChI is InChI=1S/3C18H15Si.V/c3*1-4-10-16(11-5-1)19(17-12-6-2-7-13-17)18-14-8-3-9-15-18;/h3*1-15H;. The zero-order chi connectivity index (χ0) is 38.7. The molecule has 0 amide bonds. The molecule has 58 heavy (non-hydrogen) atoms. The summed E-state index contributed by atoms with van der Waals surface area (Å²) >= 11 is 0. The predicted molar refractivity (Wildman–Crippen MR) is 252 cm³/mol. The van der Waals surface area contributed by atoms with Gasteiger partial charge < -0.3 is 0 Å². The predicted octanol–water partition coefficient (Wildman–Crippen LogP) is 6.61. The third kappa shape index (κ3) is 11.6. The molecule has 0 aromatic heterocycles. The molecule has 9 aromatic carbocycles. The van der Waals surface area contributed by atoms with E-state index in [-0.39, 0.29) is 18.6 Å². The Morgan fingerprint density at radius 2 is 0.224 bits per heavy atom. The van der Waals surface area contributed by atoms with E-state index in [1.165, 1.54) is 46.7 Å². The van der Waals surface area contributed by atoms with Gasteiger partial charge in [-0.15, -0.1) is 0 Å². The number of hydrogen-bond donors (Lipinski definition) is 0. The fourth-order valence-corrected chi connectivity index (χ4v) is 14.7. The van der Waals surface area contributed by atoms with Gasteiger partial charge in [-0.25, -0.2) is 0 Å². The molecule has 4 heteroatoms. The van der Waals surface area contributed by atoms with Crippen LogP contribution in [0.4, 0.5) is 0 Å². The largest absolute Gasteiger partial charge is 0.154 e. The van der Waals surface area contributed by atoms with Crippen LogP contribution in [0.25, 0.3) is 0 Å². The van der Waals surface area contributed by atoms with Crippen LogP contribution in [0.5, 0.6) is 0 Å². The molecule has 0 aliphatic heterocycles. The topological polar surface area (TPSA) is 0 Å². The molecule has 0 heterocycles. The first-order chi connectivity index (χ1) is 28.3. The molecule has 0 nitrogen and oxygen atoms in total. The average molecular weight is 829 g/mol. The Morgan fingerprint density at radius 3 is 0.310 bits per heavy atom. The number of benzene rings is 9. The van der Waals surface area contributed by atoms with Gasteiger partial charge in [0, 0.05) is 18.6 Å². The van der Waals surface area contributed by atoms with E-state index < -0.39 is 26.4 Å². The fourth-order valence-electron chi connectivity index (χ4n) is 6.94. The molecule has 0 atom stereocenters. The van der Waals surface area contributed by atoms with E-state index in [9.17, 15) is 0 Å². The zero-order valence-corrected chi connectivity index (χ0v) is 36.8. The maximum Gasteiger partial charge on any atom is 0.154 e. The first-order valence-corrected chi connectivity index (χ1v) is 23.9. The molecule has 0 N–H and O–H groups in total. The maximum absolute atomic E-state index is 2.24. The third-order valence-electron chi connectivity index (χ3n) is 9.56. The summed E-state index contributed by atoms with van der Waals surface area (Å²) in [6, 6.07) is 97.5. The smallest absolute Gasteiger partial charge is 0.0624 e. The summed E-state index contributed by atoms with van der Waals surface area (Å²) < 4.78 is 0. The van der Waals surface area contributed by atoms with Gasteiger partial charge in [-0.1, -0.05) is 320 Å². The molecular formula is C54H45Si3V. The summed E-state index contributed by atoms with van der Waals surface area (Å²) in [5.41, 5.74) is 0. The van der Waals surface area contributed by atoms with Gasteiger partial charge in [0.15, 0.2) is 26.4 Å². The van der Waals surface area contributed by atoms with Crippen LogP contribution in [0.2, 0.25) is 0 Å². The van der Waals surface area contributed by atoms with Crippen LogP contribution in [-0.4, -0.2) is 26.4 Å². The number of hydrogen-bond acceptors (Lipinski definition) is 0. The molecular weight excluding hydrogens is 784 g/mol. The Kier molecular flexibility index (Phi) is 16.5. The maximum atomic E-state index is 2.24. The second-order valence-corrected chi connectivity index (χ2v) is 20.9. The van der Waals surface area contributed by atoms with Gasteiger partial charge in [-0.3, -0.25) is 0 Å². The van der Waals surface area contributed by atoms with Gasteiger partial charge in [0.1, 0.15) is 0 Å².